The van der Waals surface area contributed by atoms with E-state index >= 15 is 0 Å². The molecule has 104 valence electrons. The minimum absolute atomic E-state index is 0. The second kappa shape index (κ2) is 7.93. The third kappa shape index (κ3) is 4.26. The number of hydrogen-bond acceptors (Lipinski definition) is 3. The van der Waals surface area contributed by atoms with Crippen LogP contribution in [0, 0.1) is 0 Å². The Morgan fingerprint density at radius 3 is 2.83 bits per heavy atom. The van der Waals surface area contributed by atoms with Gasteiger partial charge in [0.25, 0.3) is 0 Å². The van der Waals surface area contributed by atoms with E-state index < -0.39 is 0 Å². The van der Waals surface area contributed by atoms with E-state index in [0.29, 0.717) is 10.4 Å². The van der Waals surface area contributed by atoms with Crippen molar-refractivity contribution in [3.8, 4) is 0 Å². The van der Waals surface area contributed by atoms with Gasteiger partial charge in [-0.25, -0.2) is 0 Å². The molecule has 2 rings (SSSR count). The number of nitrogens with one attached hydrogen (secondary N) is 1. The van der Waals surface area contributed by atoms with Gasteiger partial charge in [0.2, 0.25) is 0 Å². The number of halogens is 3. The van der Waals surface area contributed by atoms with Gasteiger partial charge in [0.1, 0.15) is 4.34 Å². The molecule has 1 saturated heterocycles. The first-order valence-electron chi connectivity index (χ1n) is 6.01. The van der Waals surface area contributed by atoms with Crippen molar-refractivity contribution in [2.45, 2.75) is 31.8 Å². The molecule has 2 heterocycles. The van der Waals surface area contributed by atoms with Crippen molar-refractivity contribution in [2.24, 2.45) is 0 Å². The van der Waals surface area contributed by atoms with Gasteiger partial charge in [0.15, 0.2) is 0 Å². The predicted molar refractivity (Wildman–Crippen MR) is 83.6 cm³/mol. The van der Waals surface area contributed by atoms with Gasteiger partial charge in [0, 0.05) is 12.6 Å². The van der Waals surface area contributed by atoms with E-state index in [1.807, 2.05) is 0 Å². The third-order valence-corrected chi connectivity index (χ3v) is 5.26. The summed E-state index contributed by atoms with van der Waals surface area (Å²) in [6.45, 7) is 3.16. The maximum Gasteiger partial charge on any atom is 0.112 e. The molecule has 0 spiro atoms. The Balaban J connectivity index is 0.00000162. The molecule has 0 bridgehead atoms. The average Bonchev–Trinajstić information content (AvgIpc) is 2.59. The van der Waals surface area contributed by atoms with Crippen LogP contribution in [0.2, 0.25) is 9.36 Å². The zero-order chi connectivity index (χ0) is 12.3. The summed E-state index contributed by atoms with van der Waals surface area (Å²) in [5, 5.41) is 6.24. The summed E-state index contributed by atoms with van der Waals surface area (Å²) < 4.78 is 0.706. The Kier molecular flexibility index (Phi) is 7.29. The fourth-order valence-electron chi connectivity index (χ4n) is 2.30. The largest absolute Gasteiger partial charge is 0.317 e. The lowest BCUT2D eigenvalue weighted by Crippen LogP contribution is -2.31. The van der Waals surface area contributed by atoms with Crippen LogP contribution in [0.15, 0.2) is 5.38 Å². The molecule has 1 atom stereocenters. The monoisotopic (exact) mass is 328 g/mol. The number of rotatable bonds is 3. The van der Waals surface area contributed by atoms with Crippen LogP contribution in [0.4, 0.5) is 0 Å². The van der Waals surface area contributed by atoms with Crippen LogP contribution in [-0.2, 0) is 6.54 Å². The van der Waals surface area contributed by atoms with Gasteiger partial charge in [-0.15, -0.1) is 23.7 Å². The highest BCUT2D eigenvalue weighted by Crippen LogP contribution is 2.33. The zero-order valence-electron chi connectivity index (χ0n) is 10.4. The van der Waals surface area contributed by atoms with Crippen LogP contribution >= 0.6 is 46.9 Å². The Labute approximate surface area is 129 Å². The standard InChI is InChI=1S/C12H18Cl2N2S.ClH/c1-16(10-3-2-5-15-6-4-10)7-9-8-17-12(14)11(9)13;/h8,10,15H,2-7H2,1H3;1H. The highest BCUT2D eigenvalue weighted by Gasteiger charge is 2.18. The predicted octanol–water partition coefficient (Wildman–Crippen LogP) is 4.05. The average molecular weight is 330 g/mol. The third-order valence-electron chi connectivity index (χ3n) is 3.35. The van der Waals surface area contributed by atoms with E-state index in [9.17, 15) is 0 Å². The van der Waals surface area contributed by atoms with Crippen LogP contribution in [0.25, 0.3) is 0 Å². The highest BCUT2D eigenvalue weighted by atomic mass is 35.5. The van der Waals surface area contributed by atoms with E-state index in [0.717, 1.165) is 30.2 Å². The van der Waals surface area contributed by atoms with Gasteiger partial charge in [-0.3, -0.25) is 4.90 Å². The second-order valence-electron chi connectivity index (χ2n) is 4.60. The van der Waals surface area contributed by atoms with E-state index in [1.54, 1.807) is 0 Å². The van der Waals surface area contributed by atoms with Gasteiger partial charge in [-0.1, -0.05) is 23.2 Å². The molecule has 1 fully saturated rings. The van der Waals surface area contributed by atoms with Gasteiger partial charge in [0.05, 0.1) is 5.02 Å². The molecule has 0 amide bonds. The topological polar surface area (TPSA) is 15.3 Å². The van der Waals surface area contributed by atoms with Crippen molar-refractivity contribution in [1.29, 1.82) is 0 Å². The van der Waals surface area contributed by atoms with E-state index in [4.69, 9.17) is 23.2 Å². The molecule has 1 aliphatic rings. The Hall–Kier alpha value is 0.490. The number of thiophene rings is 1. The molecule has 1 unspecified atom stereocenters. The molecule has 1 aliphatic heterocycles. The van der Waals surface area contributed by atoms with Crippen molar-refractivity contribution in [2.75, 3.05) is 20.1 Å². The number of hydrogen-bond donors (Lipinski definition) is 1. The van der Waals surface area contributed by atoms with E-state index in [-0.39, 0.29) is 12.4 Å². The molecular weight excluding hydrogens is 311 g/mol. The highest BCUT2D eigenvalue weighted by molar-refractivity contribution is 7.15. The first-order chi connectivity index (χ1) is 8.18. The van der Waals surface area contributed by atoms with E-state index in [1.165, 1.54) is 30.6 Å². The molecular formula is C12H19Cl3N2S. The lowest BCUT2D eigenvalue weighted by Gasteiger charge is -2.26. The Bertz CT molecular complexity index is 362. The summed E-state index contributed by atoms with van der Waals surface area (Å²) in [4.78, 5) is 2.40. The lowest BCUT2D eigenvalue weighted by molar-refractivity contribution is 0.217. The minimum Gasteiger partial charge on any atom is -0.317 e. The maximum atomic E-state index is 6.16. The molecule has 1 N–H and O–H groups in total. The maximum absolute atomic E-state index is 6.16. The molecule has 0 aliphatic carbocycles. The molecule has 1 aromatic heterocycles. The van der Waals surface area contributed by atoms with Crippen molar-refractivity contribution >= 4 is 46.9 Å². The van der Waals surface area contributed by atoms with Crippen LogP contribution in [0.5, 0.6) is 0 Å². The number of nitrogens with zero attached hydrogens (tertiary/aromatic N) is 1. The molecule has 6 heteroatoms. The fourth-order valence-corrected chi connectivity index (χ4v) is 3.54. The summed E-state index contributed by atoms with van der Waals surface area (Å²) in [6, 6.07) is 0.653. The van der Waals surface area contributed by atoms with Gasteiger partial charge in [-0.2, -0.15) is 0 Å². The fraction of sp³-hybridized carbons (Fsp3) is 0.667. The van der Waals surface area contributed by atoms with Crippen LogP contribution in [0.1, 0.15) is 24.8 Å². The van der Waals surface area contributed by atoms with Gasteiger partial charge < -0.3 is 5.32 Å². The van der Waals surface area contributed by atoms with Crippen LogP contribution in [-0.4, -0.2) is 31.1 Å². The molecule has 18 heavy (non-hydrogen) atoms. The quantitative estimate of drug-likeness (QED) is 0.900. The van der Waals surface area contributed by atoms with Crippen molar-refractivity contribution in [3.63, 3.8) is 0 Å². The van der Waals surface area contributed by atoms with Crippen molar-refractivity contribution < 1.29 is 0 Å². The van der Waals surface area contributed by atoms with Crippen molar-refractivity contribution in [3.05, 3.63) is 20.3 Å². The zero-order valence-corrected chi connectivity index (χ0v) is 13.6. The summed E-state index contributed by atoms with van der Waals surface area (Å²) in [7, 11) is 2.18. The first-order valence-corrected chi connectivity index (χ1v) is 7.64. The molecule has 0 radical (unpaired) electrons. The normalized spacial score (nSPS) is 20.6. The Morgan fingerprint density at radius 2 is 2.17 bits per heavy atom. The Morgan fingerprint density at radius 1 is 1.39 bits per heavy atom. The van der Waals surface area contributed by atoms with Gasteiger partial charge in [-0.05, 0) is 50.3 Å². The minimum atomic E-state index is 0. The summed E-state index contributed by atoms with van der Waals surface area (Å²) in [5.74, 6) is 0. The molecule has 0 saturated carbocycles. The van der Waals surface area contributed by atoms with Crippen LogP contribution in [0.3, 0.4) is 0 Å². The lowest BCUT2D eigenvalue weighted by atomic mass is 10.1. The SMILES string of the molecule is CN(Cc1csc(Cl)c1Cl)C1CCCNCC1.Cl. The summed E-state index contributed by atoms with van der Waals surface area (Å²) in [5.41, 5.74) is 1.15. The smallest absolute Gasteiger partial charge is 0.112 e. The second-order valence-corrected chi connectivity index (χ2v) is 6.46. The van der Waals surface area contributed by atoms with Crippen LogP contribution < -0.4 is 5.32 Å². The molecule has 0 aromatic carbocycles. The summed E-state index contributed by atoms with van der Waals surface area (Å²) >= 11 is 13.7. The van der Waals surface area contributed by atoms with Gasteiger partial charge >= 0.3 is 0 Å². The summed E-state index contributed by atoms with van der Waals surface area (Å²) in [6.07, 6.45) is 3.73. The van der Waals surface area contributed by atoms with E-state index in [2.05, 4.69) is 22.6 Å². The molecule has 2 nitrogen and oxygen atoms in total. The van der Waals surface area contributed by atoms with Crippen molar-refractivity contribution in [1.82, 2.24) is 10.2 Å². The molecule has 1 aromatic rings. The first kappa shape index (κ1) is 16.5.